The van der Waals surface area contributed by atoms with E-state index in [4.69, 9.17) is 4.74 Å². The zero-order chi connectivity index (χ0) is 18.7. The molecule has 1 unspecified atom stereocenters. The van der Waals surface area contributed by atoms with Gasteiger partial charge in [-0.3, -0.25) is 4.79 Å². The van der Waals surface area contributed by atoms with Gasteiger partial charge in [0.25, 0.3) is 0 Å². The summed E-state index contributed by atoms with van der Waals surface area (Å²) in [5.74, 6) is 1.53. The van der Waals surface area contributed by atoms with E-state index in [1.54, 1.807) is 36.4 Å². The number of benzene rings is 2. The minimum absolute atomic E-state index is 0. The second kappa shape index (κ2) is 8.73. The lowest BCUT2D eigenvalue weighted by Gasteiger charge is -2.31. The molecule has 2 aromatic rings. The summed E-state index contributed by atoms with van der Waals surface area (Å²) in [6, 6.07) is 13.3. The number of rotatable bonds is 6. The predicted octanol–water partition coefficient (Wildman–Crippen LogP) is 3.10. The fraction of sp³-hybridized carbons (Fsp3) is 0.316. The summed E-state index contributed by atoms with van der Waals surface area (Å²) in [5, 5.41) is 6.09. The highest BCUT2D eigenvalue weighted by molar-refractivity contribution is 7.90. The van der Waals surface area contributed by atoms with Crippen molar-refractivity contribution in [2.45, 2.75) is 11.8 Å². The first kappa shape index (κ1) is 21.2. The van der Waals surface area contributed by atoms with Gasteiger partial charge in [-0.1, -0.05) is 6.92 Å². The molecule has 1 atom stereocenters. The van der Waals surface area contributed by atoms with Gasteiger partial charge in [-0.25, -0.2) is 8.42 Å². The molecule has 0 bridgehead atoms. The summed E-state index contributed by atoms with van der Waals surface area (Å²) in [7, 11) is -3.22. The van der Waals surface area contributed by atoms with Crippen LogP contribution < -0.4 is 15.4 Å². The van der Waals surface area contributed by atoms with Crippen LogP contribution in [-0.2, 0) is 14.6 Å². The number of hydrogen-bond donors (Lipinski definition) is 2. The van der Waals surface area contributed by atoms with E-state index in [0.717, 1.165) is 19.3 Å². The van der Waals surface area contributed by atoms with Crippen molar-refractivity contribution in [1.29, 1.82) is 0 Å². The van der Waals surface area contributed by atoms with Crippen molar-refractivity contribution in [1.82, 2.24) is 5.32 Å². The molecule has 0 spiro atoms. The molecule has 1 aliphatic rings. The minimum Gasteiger partial charge on any atom is -0.457 e. The van der Waals surface area contributed by atoms with E-state index in [1.165, 1.54) is 12.1 Å². The summed E-state index contributed by atoms with van der Waals surface area (Å²) in [6.07, 6.45) is 1.16. The smallest absolute Gasteiger partial charge is 0.227 e. The van der Waals surface area contributed by atoms with Gasteiger partial charge in [-0.15, -0.1) is 12.4 Å². The van der Waals surface area contributed by atoms with Crippen molar-refractivity contribution in [2.75, 3.05) is 24.7 Å². The third-order valence-electron chi connectivity index (χ3n) is 4.54. The van der Waals surface area contributed by atoms with E-state index in [9.17, 15) is 13.2 Å². The van der Waals surface area contributed by atoms with Crippen molar-refractivity contribution >= 4 is 33.8 Å². The molecule has 2 aromatic carbocycles. The number of nitrogens with one attached hydrogen (secondary N) is 2. The van der Waals surface area contributed by atoms with Crippen molar-refractivity contribution in [3.63, 3.8) is 0 Å². The lowest BCUT2D eigenvalue weighted by Crippen LogP contribution is -2.48. The van der Waals surface area contributed by atoms with Crippen molar-refractivity contribution < 1.29 is 17.9 Å². The zero-order valence-electron chi connectivity index (χ0n) is 15.1. The number of amides is 1. The number of carbonyl (C=O) groups is 1. The van der Waals surface area contributed by atoms with Crippen molar-refractivity contribution in [2.24, 2.45) is 11.8 Å². The van der Waals surface area contributed by atoms with E-state index >= 15 is 0 Å². The second-order valence-electron chi connectivity index (χ2n) is 6.57. The van der Waals surface area contributed by atoms with Gasteiger partial charge in [-0.05, 0) is 67.5 Å². The maximum Gasteiger partial charge on any atom is 0.227 e. The SMILES string of the molecule is CC(C(=O)Nc1ccc(Oc2ccc(S(C)(=O)=O)cc2)cc1)C1CNC1.Cl. The fourth-order valence-electron chi connectivity index (χ4n) is 2.63. The minimum atomic E-state index is -3.22. The molecular weight excluding hydrogens is 388 g/mol. The van der Waals surface area contributed by atoms with E-state index in [2.05, 4.69) is 10.6 Å². The number of carbonyl (C=O) groups excluding carboxylic acids is 1. The Kier molecular flexibility index (Phi) is 6.86. The van der Waals surface area contributed by atoms with Gasteiger partial charge in [-0.2, -0.15) is 0 Å². The van der Waals surface area contributed by atoms with Gasteiger partial charge in [0.15, 0.2) is 9.84 Å². The maximum absolute atomic E-state index is 12.2. The van der Waals surface area contributed by atoms with Gasteiger partial charge in [0.1, 0.15) is 11.5 Å². The summed E-state index contributed by atoms with van der Waals surface area (Å²) in [5.41, 5.74) is 0.717. The van der Waals surface area contributed by atoms with Gasteiger partial charge in [0.2, 0.25) is 5.91 Å². The monoisotopic (exact) mass is 410 g/mol. The van der Waals surface area contributed by atoms with Crippen LogP contribution in [0.4, 0.5) is 5.69 Å². The average molecular weight is 411 g/mol. The van der Waals surface area contributed by atoms with Crippen LogP contribution in [0.3, 0.4) is 0 Å². The predicted molar refractivity (Wildman–Crippen MR) is 107 cm³/mol. The number of sulfone groups is 1. The summed E-state index contributed by atoms with van der Waals surface area (Å²) in [6.45, 7) is 3.72. The quantitative estimate of drug-likeness (QED) is 0.764. The van der Waals surface area contributed by atoms with Gasteiger partial charge >= 0.3 is 0 Å². The van der Waals surface area contributed by atoms with Crippen molar-refractivity contribution in [3.8, 4) is 11.5 Å². The van der Waals surface area contributed by atoms with E-state index < -0.39 is 9.84 Å². The molecule has 1 aliphatic heterocycles. The molecule has 146 valence electrons. The van der Waals surface area contributed by atoms with Crippen LogP contribution >= 0.6 is 12.4 Å². The zero-order valence-corrected chi connectivity index (χ0v) is 16.8. The third kappa shape index (κ3) is 5.45. The molecule has 27 heavy (non-hydrogen) atoms. The normalized spacial score (nSPS) is 15.2. The van der Waals surface area contributed by atoms with Crippen molar-refractivity contribution in [3.05, 3.63) is 48.5 Å². The highest BCUT2D eigenvalue weighted by atomic mass is 35.5. The standard InChI is InChI=1S/C19H22N2O4S.ClH/c1-13(14-11-20-12-14)19(22)21-15-3-5-16(6-4-15)25-17-7-9-18(10-8-17)26(2,23)24;/h3-10,13-14,20H,11-12H2,1-2H3,(H,21,22);1H. The highest BCUT2D eigenvalue weighted by Crippen LogP contribution is 2.25. The van der Waals surface area contributed by atoms with Crippen LogP contribution in [0.5, 0.6) is 11.5 Å². The molecule has 0 radical (unpaired) electrons. The maximum atomic E-state index is 12.2. The Balaban J connectivity index is 0.00000261. The molecule has 1 fully saturated rings. The molecule has 1 saturated heterocycles. The highest BCUT2D eigenvalue weighted by Gasteiger charge is 2.28. The first-order valence-corrected chi connectivity index (χ1v) is 10.3. The molecular formula is C19H23ClN2O4S. The van der Waals surface area contributed by atoms with Gasteiger partial charge in [0, 0.05) is 17.9 Å². The summed E-state index contributed by atoms with van der Waals surface area (Å²) >= 11 is 0. The van der Waals surface area contributed by atoms with E-state index in [0.29, 0.717) is 23.1 Å². The fourth-order valence-corrected chi connectivity index (χ4v) is 3.26. The van der Waals surface area contributed by atoms with Crippen LogP contribution in [0.2, 0.25) is 0 Å². The Morgan fingerprint density at radius 1 is 1.07 bits per heavy atom. The Hall–Kier alpha value is -2.09. The largest absolute Gasteiger partial charge is 0.457 e. The Morgan fingerprint density at radius 2 is 1.59 bits per heavy atom. The lowest BCUT2D eigenvalue weighted by molar-refractivity contribution is -0.121. The van der Waals surface area contributed by atoms with E-state index in [1.807, 2.05) is 6.92 Å². The van der Waals surface area contributed by atoms with Crippen LogP contribution in [-0.4, -0.2) is 33.7 Å². The number of halogens is 1. The summed E-state index contributed by atoms with van der Waals surface area (Å²) < 4.78 is 28.6. The number of anilines is 1. The molecule has 1 amide bonds. The molecule has 6 nitrogen and oxygen atoms in total. The number of ether oxygens (including phenoxy) is 1. The Morgan fingerprint density at radius 3 is 2.04 bits per heavy atom. The first-order chi connectivity index (χ1) is 12.3. The summed E-state index contributed by atoms with van der Waals surface area (Å²) in [4.78, 5) is 12.5. The van der Waals surface area contributed by atoms with Gasteiger partial charge in [0.05, 0.1) is 4.90 Å². The average Bonchev–Trinajstić information content (AvgIpc) is 2.54. The van der Waals surface area contributed by atoms with E-state index in [-0.39, 0.29) is 29.1 Å². The van der Waals surface area contributed by atoms with Crippen LogP contribution in [0.15, 0.2) is 53.4 Å². The van der Waals surface area contributed by atoms with Crippen LogP contribution in [0, 0.1) is 11.8 Å². The van der Waals surface area contributed by atoms with Crippen LogP contribution in [0.1, 0.15) is 6.92 Å². The molecule has 0 aromatic heterocycles. The molecule has 3 rings (SSSR count). The first-order valence-electron chi connectivity index (χ1n) is 8.42. The Labute approximate surface area is 165 Å². The molecule has 2 N–H and O–H groups in total. The molecule has 0 saturated carbocycles. The molecule has 8 heteroatoms. The third-order valence-corrected chi connectivity index (χ3v) is 5.67. The number of hydrogen-bond acceptors (Lipinski definition) is 5. The second-order valence-corrected chi connectivity index (χ2v) is 8.58. The molecule has 1 heterocycles. The lowest BCUT2D eigenvalue weighted by atomic mass is 9.88. The topological polar surface area (TPSA) is 84.5 Å². The van der Waals surface area contributed by atoms with Crippen LogP contribution in [0.25, 0.3) is 0 Å². The Bertz CT molecular complexity index is 879. The molecule has 0 aliphatic carbocycles. The van der Waals surface area contributed by atoms with Gasteiger partial charge < -0.3 is 15.4 Å².